The second kappa shape index (κ2) is 14.9. The van der Waals surface area contributed by atoms with Crippen LogP contribution in [0.15, 0.2) is 0 Å². The van der Waals surface area contributed by atoms with E-state index in [1.165, 1.54) is 64.2 Å². The summed E-state index contributed by atoms with van der Waals surface area (Å²) >= 11 is 0. The maximum atomic E-state index is 10.5. The van der Waals surface area contributed by atoms with E-state index in [9.17, 15) is 5.11 Å². The van der Waals surface area contributed by atoms with Crippen LogP contribution in [0.4, 0.5) is 0 Å². The highest BCUT2D eigenvalue weighted by molar-refractivity contribution is 4.82. The predicted molar refractivity (Wildman–Crippen MR) is 111 cm³/mol. The van der Waals surface area contributed by atoms with Gasteiger partial charge in [0.2, 0.25) is 0 Å². The maximum absolute atomic E-state index is 10.5. The molecule has 0 amide bonds. The molecular formula is C23H46O3. The standard InChI is InChI=1S/C23H46O3/c1-5-9-12-19(7-3)14-11-15-21-22(24)17-25-18-23(21)26-16-20(8-4)13-10-6-2/h19-24H,5-18H2,1-4H3/t19?,20?,21-,22-,23-/m1/s1. The summed E-state index contributed by atoms with van der Waals surface area (Å²) in [4.78, 5) is 0. The van der Waals surface area contributed by atoms with Gasteiger partial charge in [-0.3, -0.25) is 0 Å². The smallest absolute Gasteiger partial charge is 0.0862 e. The van der Waals surface area contributed by atoms with Crippen LogP contribution in [0.25, 0.3) is 0 Å². The van der Waals surface area contributed by atoms with E-state index in [4.69, 9.17) is 9.47 Å². The third kappa shape index (κ3) is 9.19. The minimum Gasteiger partial charge on any atom is -0.390 e. The fourth-order valence-electron chi connectivity index (χ4n) is 4.20. The first-order chi connectivity index (χ1) is 12.7. The van der Waals surface area contributed by atoms with Crippen molar-refractivity contribution in [1.29, 1.82) is 0 Å². The van der Waals surface area contributed by atoms with Crippen LogP contribution in [0.2, 0.25) is 0 Å². The highest BCUT2D eigenvalue weighted by atomic mass is 16.5. The van der Waals surface area contributed by atoms with Crippen molar-refractivity contribution in [2.24, 2.45) is 17.8 Å². The molecule has 1 saturated heterocycles. The average molecular weight is 371 g/mol. The van der Waals surface area contributed by atoms with Gasteiger partial charge < -0.3 is 14.6 Å². The number of unbranched alkanes of at least 4 members (excludes halogenated alkanes) is 2. The molecule has 0 aromatic rings. The van der Waals surface area contributed by atoms with E-state index in [-0.39, 0.29) is 18.1 Å². The van der Waals surface area contributed by atoms with Crippen LogP contribution in [0, 0.1) is 17.8 Å². The van der Waals surface area contributed by atoms with E-state index in [1.807, 2.05) is 0 Å². The molecule has 0 aromatic carbocycles. The van der Waals surface area contributed by atoms with Crippen LogP contribution < -0.4 is 0 Å². The van der Waals surface area contributed by atoms with Crippen LogP contribution >= 0.6 is 0 Å². The Kier molecular flexibility index (Phi) is 13.7. The molecule has 3 nitrogen and oxygen atoms in total. The molecule has 0 bridgehead atoms. The van der Waals surface area contributed by atoms with Gasteiger partial charge in [-0.05, 0) is 24.7 Å². The summed E-state index contributed by atoms with van der Waals surface area (Å²) in [5.74, 6) is 1.74. The Morgan fingerprint density at radius 2 is 1.50 bits per heavy atom. The quantitative estimate of drug-likeness (QED) is 0.385. The monoisotopic (exact) mass is 370 g/mol. The first-order valence-corrected chi connectivity index (χ1v) is 11.5. The van der Waals surface area contributed by atoms with Gasteiger partial charge in [-0.15, -0.1) is 0 Å². The Balaban J connectivity index is 2.43. The van der Waals surface area contributed by atoms with Gasteiger partial charge in [0.25, 0.3) is 0 Å². The summed E-state index contributed by atoms with van der Waals surface area (Å²) < 4.78 is 11.9. The highest BCUT2D eigenvalue weighted by Gasteiger charge is 2.33. The predicted octanol–water partition coefficient (Wildman–Crippen LogP) is 5.98. The molecule has 1 heterocycles. The molecule has 1 fully saturated rings. The van der Waals surface area contributed by atoms with Gasteiger partial charge in [0.05, 0.1) is 25.4 Å². The molecule has 1 aliphatic heterocycles. The molecule has 5 atom stereocenters. The lowest BCUT2D eigenvalue weighted by molar-refractivity contribution is -0.145. The van der Waals surface area contributed by atoms with E-state index in [1.54, 1.807) is 0 Å². The maximum Gasteiger partial charge on any atom is 0.0862 e. The van der Waals surface area contributed by atoms with Crippen LogP contribution in [0.3, 0.4) is 0 Å². The van der Waals surface area contributed by atoms with Crippen LogP contribution in [-0.2, 0) is 9.47 Å². The number of aliphatic hydroxyl groups excluding tert-OH is 1. The number of ether oxygens (including phenoxy) is 2. The molecule has 0 radical (unpaired) electrons. The number of hydrogen-bond acceptors (Lipinski definition) is 3. The third-order valence-electron chi connectivity index (χ3n) is 6.32. The third-order valence-corrected chi connectivity index (χ3v) is 6.32. The molecule has 1 N–H and O–H groups in total. The Hall–Kier alpha value is -0.120. The Morgan fingerprint density at radius 1 is 0.885 bits per heavy atom. The minimum absolute atomic E-state index is 0.0742. The fraction of sp³-hybridized carbons (Fsp3) is 1.00. The van der Waals surface area contributed by atoms with E-state index in [0.29, 0.717) is 19.1 Å². The summed E-state index contributed by atoms with van der Waals surface area (Å²) in [6.07, 6.45) is 13.5. The van der Waals surface area contributed by atoms with Crippen LogP contribution in [0.1, 0.15) is 98.3 Å². The van der Waals surface area contributed by atoms with Crippen molar-refractivity contribution in [2.45, 2.75) is 111 Å². The summed E-state index contributed by atoms with van der Waals surface area (Å²) in [7, 11) is 0. The Labute approximate surface area is 163 Å². The molecule has 0 aliphatic carbocycles. The van der Waals surface area contributed by atoms with Crippen LogP contribution in [0.5, 0.6) is 0 Å². The second-order valence-corrected chi connectivity index (χ2v) is 8.40. The lowest BCUT2D eigenvalue weighted by Gasteiger charge is -2.36. The van der Waals surface area contributed by atoms with Gasteiger partial charge in [-0.25, -0.2) is 0 Å². The molecular weight excluding hydrogens is 324 g/mol. The average Bonchev–Trinajstić information content (AvgIpc) is 2.66. The molecule has 0 aromatic heterocycles. The highest BCUT2D eigenvalue weighted by Crippen LogP contribution is 2.28. The molecule has 1 aliphatic rings. The van der Waals surface area contributed by atoms with Gasteiger partial charge in [0.1, 0.15) is 0 Å². The zero-order valence-corrected chi connectivity index (χ0v) is 18.0. The molecule has 26 heavy (non-hydrogen) atoms. The topological polar surface area (TPSA) is 38.7 Å². The summed E-state index contributed by atoms with van der Waals surface area (Å²) in [5.41, 5.74) is 0. The lowest BCUT2D eigenvalue weighted by atomic mass is 9.86. The van der Waals surface area contributed by atoms with Gasteiger partial charge in [0, 0.05) is 12.5 Å². The zero-order valence-electron chi connectivity index (χ0n) is 18.0. The van der Waals surface area contributed by atoms with Crippen molar-refractivity contribution in [3.05, 3.63) is 0 Å². The molecule has 0 saturated carbocycles. The Bertz CT molecular complexity index is 321. The van der Waals surface area contributed by atoms with Crippen molar-refractivity contribution in [3.8, 4) is 0 Å². The van der Waals surface area contributed by atoms with E-state index >= 15 is 0 Å². The van der Waals surface area contributed by atoms with Gasteiger partial charge in [-0.2, -0.15) is 0 Å². The zero-order chi connectivity index (χ0) is 19.2. The molecule has 1 rings (SSSR count). The first-order valence-electron chi connectivity index (χ1n) is 11.5. The minimum atomic E-state index is -0.361. The van der Waals surface area contributed by atoms with Crippen LogP contribution in [-0.4, -0.2) is 37.1 Å². The number of rotatable bonds is 15. The normalized spacial score (nSPS) is 26.0. The van der Waals surface area contributed by atoms with Gasteiger partial charge >= 0.3 is 0 Å². The van der Waals surface area contributed by atoms with E-state index < -0.39 is 0 Å². The first kappa shape index (κ1) is 23.9. The van der Waals surface area contributed by atoms with Crippen molar-refractivity contribution >= 4 is 0 Å². The second-order valence-electron chi connectivity index (χ2n) is 8.40. The molecule has 156 valence electrons. The lowest BCUT2D eigenvalue weighted by Crippen LogP contribution is -2.45. The molecule has 2 unspecified atom stereocenters. The van der Waals surface area contributed by atoms with E-state index in [0.717, 1.165) is 18.9 Å². The molecule has 0 spiro atoms. The van der Waals surface area contributed by atoms with Crippen molar-refractivity contribution in [3.63, 3.8) is 0 Å². The van der Waals surface area contributed by atoms with Gasteiger partial charge in [0.15, 0.2) is 0 Å². The van der Waals surface area contributed by atoms with Crippen molar-refractivity contribution in [2.75, 3.05) is 19.8 Å². The summed E-state index contributed by atoms with van der Waals surface area (Å²) in [6, 6.07) is 0. The van der Waals surface area contributed by atoms with Crippen molar-refractivity contribution in [1.82, 2.24) is 0 Å². The summed E-state index contributed by atoms with van der Waals surface area (Å²) in [5, 5.41) is 10.5. The SMILES string of the molecule is CCCCC(CC)CCC[C@@H]1[C@H](O)COC[C@H]1OCC(CC)CCCC. The van der Waals surface area contributed by atoms with Crippen molar-refractivity contribution < 1.29 is 14.6 Å². The van der Waals surface area contributed by atoms with E-state index in [2.05, 4.69) is 27.7 Å². The summed E-state index contributed by atoms with van der Waals surface area (Å²) in [6.45, 7) is 11.0. The number of hydrogen-bond donors (Lipinski definition) is 1. The van der Waals surface area contributed by atoms with Gasteiger partial charge in [-0.1, -0.05) is 85.5 Å². The fourth-order valence-corrected chi connectivity index (χ4v) is 4.20. The largest absolute Gasteiger partial charge is 0.390 e. The molecule has 3 heteroatoms. The Morgan fingerprint density at radius 3 is 2.12 bits per heavy atom. The number of aliphatic hydroxyl groups is 1.